The molecule has 5 nitrogen and oxygen atoms in total. The molecule has 0 saturated heterocycles. The van der Waals surface area contributed by atoms with Crippen LogP contribution in [0.5, 0.6) is 0 Å². The van der Waals surface area contributed by atoms with Crippen molar-refractivity contribution in [2.24, 2.45) is 0 Å². The molecule has 0 aliphatic heterocycles. The summed E-state index contributed by atoms with van der Waals surface area (Å²) in [5, 5.41) is 3.77. The van der Waals surface area contributed by atoms with Crippen LogP contribution in [0.2, 0.25) is 0 Å². The summed E-state index contributed by atoms with van der Waals surface area (Å²) in [6, 6.07) is 5.18. The molecule has 1 aromatic carbocycles. The van der Waals surface area contributed by atoms with E-state index in [0.717, 1.165) is 37.7 Å². The minimum absolute atomic E-state index is 0.00909. The van der Waals surface area contributed by atoms with Gasteiger partial charge in [-0.2, -0.15) is 18.3 Å². The SMILES string of the molecule is O=S(=O)(NCCn1nc(C(F)(F)F)c2c1CCCC2)c1ccc2c(c1)CCCC2. The molecule has 0 fully saturated rings. The van der Waals surface area contributed by atoms with Crippen LogP contribution in [-0.4, -0.2) is 24.7 Å². The molecule has 0 amide bonds. The number of hydrogen-bond acceptors (Lipinski definition) is 3. The highest BCUT2D eigenvalue weighted by Gasteiger charge is 2.39. The molecule has 2 aliphatic rings. The van der Waals surface area contributed by atoms with Crippen molar-refractivity contribution in [2.45, 2.75) is 69.0 Å². The van der Waals surface area contributed by atoms with Crippen molar-refractivity contribution in [3.8, 4) is 0 Å². The Hall–Kier alpha value is -1.87. The van der Waals surface area contributed by atoms with Gasteiger partial charge in [0.15, 0.2) is 5.69 Å². The van der Waals surface area contributed by atoms with Crippen molar-refractivity contribution in [1.82, 2.24) is 14.5 Å². The molecule has 0 unspecified atom stereocenters. The summed E-state index contributed by atoms with van der Waals surface area (Å²) in [5.41, 5.74) is 2.27. The Morgan fingerprint density at radius 1 is 1.00 bits per heavy atom. The van der Waals surface area contributed by atoms with Crippen molar-refractivity contribution in [1.29, 1.82) is 0 Å². The fourth-order valence-electron chi connectivity index (χ4n) is 4.33. The first-order valence-corrected chi connectivity index (χ1v) is 11.5. The molecule has 29 heavy (non-hydrogen) atoms. The number of rotatable bonds is 5. The molecule has 0 spiro atoms. The Balaban J connectivity index is 1.48. The van der Waals surface area contributed by atoms with Crippen molar-refractivity contribution in [2.75, 3.05) is 6.54 Å². The van der Waals surface area contributed by atoms with Crippen LogP contribution in [0.4, 0.5) is 13.2 Å². The first kappa shape index (κ1) is 20.4. The lowest BCUT2D eigenvalue weighted by Crippen LogP contribution is -2.28. The molecule has 9 heteroatoms. The fourth-order valence-corrected chi connectivity index (χ4v) is 5.40. The summed E-state index contributed by atoms with van der Waals surface area (Å²) in [5.74, 6) is 0. The minimum atomic E-state index is -4.49. The van der Waals surface area contributed by atoms with Crippen LogP contribution < -0.4 is 4.72 Å². The number of benzene rings is 1. The van der Waals surface area contributed by atoms with Gasteiger partial charge in [0.1, 0.15) is 0 Å². The van der Waals surface area contributed by atoms with Gasteiger partial charge in [0, 0.05) is 17.8 Å². The van der Waals surface area contributed by atoms with Gasteiger partial charge in [-0.3, -0.25) is 4.68 Å². The Kier molecular flexibility index (Phi) is 5.46. The Labute approximate surface area is 168 Å². The van der Waals surface area contributed by atoms with E-state index >= 15 is 0 Å². The van der Waals surface area contributed by atoms with Gasteiger partial charge in [-0.1, -0.05) is 6.07 Å². The highest BCUT2D eigenvalue weighted by Crippen LogP contribution is 2.35. The number of nitrogens with one attached hydrogen (secondary N) is 1. The molecule has 2 aromatic rings. The number of aromatic nitrogens is 2. The van der Waals surface area contributed by atoms with Gasteiger partial charge in [-0.15, -0.1) is 0 Å². The average Bonchev–Trinajstić information content (AvgIpc) is 3.07. The quantitative estimate of drug-likeness (QED) is 0.793. The van der Waals surface area contributed by atoms with E-state index < -0.39 is 21.9 Å². The number of halogens is 3. The van der Waals surface area contributed by atoms with Crippen LogP contribution in [0.3, 0.4) is 0 Å². The van der Waals surface area contributed by atoms with Crippen LogP contribution in [0.25, 0.3) is 0 Å². The molecule has 158 valence electrons. The van der Waals surface area contributed by atoms with Gasteiger partial charge >= 0.3 is 6.18 Å². The predicted molar refractivity (Wildman–Crippen MR) is 102 cm³/mol. The summed E-state index contributed by atoms with van der Waals surface area (Å²) >= 11 is 0. The molecule has 0 bridgehead atoms. The fraction of sp³-hybridized carbons (Fsp3) is 0.550. The van der Waals surface area contributed by atoms with Crippen LogP contribution in [0.15, 0.2) is 23.1 Å². The Bertz CT molecular complexity index is 1010. The van der Waals surface area contributed by atoms with E-state index in [2.05, 4.69) is 9.82 Å². The largest absolute Gasteiger partial charge is 0.435 e. The van der Waals surface area contributed by atoms with E-state index in [1.165, 1.54) is 10.2 Å². The Morgan fingerprint density at radius 2 is 1.69 bits per heavy atom. The highest BCUT2D eigenvalue weighted by molar-refractivity contribution is 7.89. The lowest BCUT2D eigenvalue weighted by atomic mass is 9.92. The Morgan fingerprint density at radius 3 is 2.45 bits per heavy atom. The van der Waals surface area contributed by atoms with Crippen molar-refractivity contribution >= 4 is 10.0 Å². The molecule has 4 rings (SSSR count). The van der Waals surface area contributed by atoms with Gasteiger partial charge in [0.2, 0.25) is 10.0 Å². The lowest BCUT2D eigenvalue weighted by molar-refractivity contribution is -0.142. The molecule has 0 saturated carbocycles. The standard InChI is InChI=1S/C20H24F3N3O2S/c21-20(22,23)19-17-7-3-4-8-18(17)26(25-19)12-11-24-29(27,28)16-10-9-14-5-1-2-6-15(14)13-16/h9-10,13,24H,1-8,11-12H2. The van der Waals surface area contributed by atoms with E-state index in [0.29, 0.717) is 25.0 Å². The molecule has 0 atom stereocenters. The van der Waals surface area contributed by atoms with Gasteiger partial charge in [-0.05, 0) is 74.6 Å². The summed E-state index contributed by atoms with van der Waals surface area (Å²) in [7, 11) is -3.72. The first-order chi connectivity index (χ1) is 13.8. The summed E-state index contributed by atoms with van der Waals surface area (Å²) in [4.78, 5) is 0.205. The maximum atomic E-state index is 13.3. The molecule has 1 aromatic heterocycles. The molecule has 1 heterocycles. The van der Waals surface area contributed by atoms with Crippen molar-refractivity contribution < 1.29 is 21.6 Å². The number of aryl methyl sites for hydroxylation is 2. The second kappa shape index (κ2) is 7.75. The van der Waals surface area contributed by atoms with Crippen LogP contribution >= 0.6 is 0 Å². The zero-order valence-electron chi connectivity index (χ0n) is 16.1. The number of fused-ring (bicyclic) bond motifs is 2. The topological polar surface area (TPSA) is 64.0 Å². The van der Waals surface area contributed by atoms with Gasteiger partial charge < -0.3 is 0 Å². The van der Waals surface area contributed by atoms with Gasteiger partial charge in [0.25, 0.3) is 0 Å². The monoisotopic (exact) mass is 427 g/mol. The van der Waals surface area contributed by atoms with Crippen LogP contribution in [0, 0.1) is 0 Å². The second-order valence-corrected chi connectivity index (χ2v) is 9.50. The van der Waals surface area contributed by atoms with E-state index in [1.54, 1.807) is 12.1 Å². The van der Waals surface area contributed by atoms with Crippen molar-refractivity contribution in [3.63, 3.8) is 0 Å². The third-order valence-electron chi connectivity index (χ3n) is 5.77. The van der Waals surface area contributed by atoms with Gasteiger partial charge in [0.05, 0.1) is 11.4 Å². The first-order valence-electron chi connectivity index (χ1n) is 10.0. The number of nitrogens with zero attached hydrogens (tertiary/aromatic N) is 2. The molecule has 0 radical (unpaired) electrons. The maximum Gasteiger partial charge on any atom is 0.435 e. The zero-order valence-corrected chi connectivity index (χ0v) is 16.9. The van der Waals surface area contributed by atoms with Gasteiger partial charge in [-0.25, -0.2) is 13.1 Å². The number of alkyl halides is 3. The summed E-state index contributed by atoms with van der Waals surface area (Å²) < 4.78 is 68.9. The van der Waals surface area contributed by atoms with E-state index in [1.807, 2.05) is 6.07 Å². The average molecular weight is 427 g/mol. The number of sulfonamides is 1. The second-order valence-electron chi connectivity index (χ2n) is 7.74. The molecular weight excluding hydrogens is 403 g/mol. The van der Waals surface area contributed by atoms with Crippen LogP contribution in [0.1, 0.15) is 53.8 Å². The summed E-state index contributed by atoms with van der Waals surface area (Å²) in [6.45, 7) is 0.0629. The van der Waals surface area contributed by atoms with Crippen LogP contribution in [-0.2, 0) is 48.4 Å². The van der Waals surface area contributed by atoms with Crippen molar-refractivity contribution in [3.05, 3.63) is 46.3 Å². The molecule has 2 aliphatic carbocycles. The van der Waals surface area contributed by atoms with E-state index in [4.69, 9.17) is 0 Å². The lowest BCUT2D eigenvalue weighted by Gasteiger charge is -2.17. The predicted octanol–water partition coefficient (Wildman–Crippen LogP) is 3.64. The van der Waals surface area contributed by atoms with E-state index in [-0.39, 0.29) is 23.5 Å². The third kappa shape index (κ3) is 4.21. The minimum Gasteiger partial charge on any atom is -0.267 e. The normalized spacial score (nSPS) is 17.1. The van der Waals surface area contributed by atoms with E-state index in [9.17, 15) is 21.6 Å². The molecule has 1 N–H and O–H groups in total. The molecular formula is C20H24F3N3O2S. The summed E-state index contributed by atoms with van der Waals surface area (Å²) in [6.07, 6.45) is 1.95. The zero-order chi connectivity index (χ0) is 20.6. The number of hydrogen-bond donors (Lipinski definition) is 1. The maximum absolute atomic E-state index is 13.3. The third-order valence-corrected chi connectivity index (χ3v) is 7.23. The smallest absolute Gasteiger partial charge is 0.267 e. The highest BCUT2D eigenvalue weighted by atomic mass is 32.2.